The van der Waals surface area contributed by atoms with E-state index in [0.717, 1.165) is 18.2 Å². The monoisotopic (exact) mass is 414 g/mol. The summed E-state index contributed by atoms with van der Waals surface area (Å²) in [6.07, 6.45) is -4.51. The van der Waals surface area contributed by atoms with Crippen molar-refractivity contribution in [1.82, 2.24) is 5.32 Å². The zero-order chi connectivity index (χ0) is 20.1. The van der Waals surface area contributed by atoms with Crippen LogP contribution in [0.1, 0.15) is 26.3 Å². The molecule has 0 heterocycles. The molecule has 0 unspecified atom stereocenters. The predicted molar refractivity (Wildman–Crippen MR) is 96.0 cm³/mol. The highest BCUT2D eigenvalue weighted by molar-refractivity contribution is 7.91. The molecule has 0 spiro atoms. The normalized spacial score (nSPS) is 13.5. The van der Waals surface area contributed by atoms with E-state index in [9.17, 15) is 26.4 Å². The number of benzene rings is 1. The topological polar surface area (TPSA) is 75.3 Å². The third-order valence-corrected chi connectivity index (χ3v) is 5.73. The van der Waals surface area contributed by atoms with Gasteiger partial charge in [-0.3, -0.25) is 4.79 Å². The summed E-state index contributed by atoms with van der Waals surface area (Å²) in [7, 11) is -3.21. The van der Waals surface area contributed by atoms with Crippen LogP contribution in [0.25, 0.3) is 0 Å². The van der Waals surface area contributed by atoms with Crippen LogP contribution in [0.15, 0.2) is 18.2 Å². The number of carbonyl (C=O) groups excluding carboxylic acids is 1. The van der Waals surface area contributed by atoms with E-state index in [2.05, 4.69) is 10.6 Å². The number of sulfone groups is 1. The molecule has 0 radical (unpaired) electrons. The summed E-state index contributed by atoms with van der Waals surface area (Å²) >= 11 is 5.90. The lowest BCUT2D eigenvalue weighted by atomic mass is 10.0. The number of nitrogens with one attached hydrogen (secondary N) is 2. The van der Waals surface area contributed by atoms with E-state index in [-0.39, 0.29) is 34.7 Å². The van der Waals surface area contributed by atoms with Crippen molar-refractivity contribution < 1.29 is 26.4 Å². The van der Waals surface area contributed by atoms with E-state index in [4.69, 9.17) is 11.6 Å². The number of carbonyl (C=O) groups is 1. The summed E-state index contributed by atoms with van der Waals surface area (Å²) in [6.45, 7) is 4.97. The fraction of sp³-hybridized carbons (Fsp3) is 0.562. The van der Waals surface area contributed by atoms with E-state index >= 15 is 0 Å². The highest BCUT2D eigenvalue weighted by Gasteiger charge is 2.31. The van der Waals surface area contributed by atoms with Crippen molar-refractivity contribution in [1.29, 1.82) is 0 Å². The lowest BCUT2D eigenvalue weighted by molar-refractivity contribution is -0.137. The molecule has 0 aliphatic rings. The van der Waals surface area contributed by atoms with Crippen LogP contribution in [-0.4, -0.2) is 38.4 Å². The number of hydrogen-bond acceptors (Lipinski definition) is 4. The van der Waals surface area contributed by atoms with Crippen molar-refractivity contribution in [2.45, 2.75) is 33.0 Å². The van der Waals surface area contributed by atoms with Gasteiger partial charge in [0, 0.05) is 12.3 Å². The average Bonchev–Trinajstić information content (AvgIpc) is 2.52. The number of rotatable bonds is 8. The van der Waals surface area contributed by atoms with Crippen LogP contribution in [0.2, 0.25) is 5.02 Å². The molecule has 0 saturated carbocycles. The van der Waals surface area contributed by atoms with Gasteiger partial charge in [-0.05, 0) is 24.1 Å². The minimum atomic E-state index is -4.51. The van der Waals surface area contributed by atoms with Gasteiger partial charge in [-0.15, -0.1) is 0 Å². The molecule has 1 aromatic rings. The Morgan fingerprint density at radius 3 is 2.35 bits per heavy atom. The molecular formula is C16H22ClF3N2O3S. The number of halogens is 4. The number of amides is 1. The molecule has 1 amide bonds. The van der Waals surface area contributed by atoms with E-state index < -0.39 is 33.5 Å². The summed E-state index contributed by atoms with van der Waals surface area (Å²) < 4.78 is 61.0. The fourth-order valence-electron chi connectivity index (χ4n) is 2.10. The smallest absolute Gasteiger partial charge is 0.372 e. The van der Waals surface area contributed by atoms with E-state index in [0.29, 0.717) is 0 Å². The van der Waals surface area contributed by atoms with Crippen molar-refractivity contribution in [3.8, 4) is 0 Å². The Kier molecular flexibility index (Phi) is 7.76. The first-order chi connectivity index (χ1) is 11.9. The zero-order valence-corrected chi connectivity index (χ0v) is 16.2. The Labute approximate surface area is 156 Å². The second-order valence-corrected chi connectivity index (χ2v) is 8.97. The van der Waals surface area contributed by atoms with Crippen LogP contribution in [0.4, 0.5) is 18.9 Å². The molecule has 0 fully saturated rings. The Balaban J connectivity index is 2.84. The van der Waals surface area contributed by atoms with Gasteiger partial charge in [0.15, 0.2) is 9.84 Å². The molecule has 1 rings (SSSR count). The molecule has 0 aliphatic carbocycles. The highest BCUT2D eigenvalue weighted by atomic mass is 35.5. The van der Waals surface area contributed by atoms with Gasteiger partial charge in [-0.1, -0.05) is 32.4 Å². The molecule has 5 nitrogen and oxygen atoms in total. The van der Waals surface area contributed by atoms with Crippen molar-refractivity contribution >= 4 is 33.0 Å². The van der Waals surface area contributed by atoms with Crippen LogP contribution >= 0.6 is 11.6 Å². The zero-order valence-electron chi connectivity index (χ0n) is 14.7. The highest BCUT2D eigenvalue weighted by Crippen LogP contribution is 2.34. The van der Waals surface area contributed by atoms with Crippen molar-refractivity contribution in [3.63, 3.8) is 0 Å². The Morgan fingerprint density at radius 1 is 1.27 bits per heavy atom. The van der Waals surface area contributed by atoms with Crippen LogP contribution in [0, 0.1) is 5.92 Å². The molecule has 10 heteroatoms. The molecule has 1 atom stereocenters. The summed E-state index contributed by atoms with van der Waals surface area (Å²) in [5, 5.41) is 5.19. The third kappa shape index (κ3) is 6.68. The maximum Gasteiger partial charge on any atom is 0.416 e. The van der Waals surface area contributed by atoms with Crippen molar-refractivity contribution in [2.24, 2.45) is 5.92 Å². The Hall–Kier alpha value is -1.48. The van der Waals surface area contributed by atoms with Crippen LogP contribution < -0.4 is 10.6 Å². The quantitative estimate of drug-likeness (QED) is 0.684. The van der Waals surface area contributed by atoms with Gasteiger partial charge in [-0.25, -0.2) is 8.42 Å². The maximum absolute atomic E-state index is 12.7. The molecule has 26 heavy (non-hydrogen) atoms. The van der Waals surface area contributed by atoms with E-state index in [1.165, 1.54) is 6.92 Å². The van der Waals surface area contributed by atoms with Crippen LogP contribution in [-0.2, 0) is 20.8 Å². The standard InChI is InChI=1S/C16H22ClF3N2O3S/c1-4-26(24,25)8-7-21-15(23)14(10(2)3)22-13-6-5-11(9-12(13)17)16(18,19)20/h5-6,9-10,14,22H,4,7-8H2,1-3H3,(H,21,23)/t14-/m0/s1. The van der Waals surface area contributed by atoms with Gasteiger partial charge in [0.2, 0.25) is 5.91 Å². The first-order valence-corrected chi connectivity index (χ1v) is 10.2. The lowest BCUT2D eigenvalue weighted by Crippen LogP contribution is -2.44. The second kappa shape index (κ2) is 8.94. The van der Waals surface area contributed by atoms with Crippen molar-refractivity contribution in [3.05, 3.63) is 28.8 Å². The van der Waals surface area contributed by atoms with Gasteiger partial charge >= 0.3 is 6.18 Å². The van der Waals surface area contributed by atoms with Gasteiger partial charge < -0.3 is 10.6 Å². The van der Waals surface area contributed by atoms with Crippen LogP contribution in [0.5, 0.6) is 0 Å². The predicted octanol–water partition coefficient (Wildman–Crippen LogP) is 3.35. The first kappa shape index (κ1) is 22.6. The SMILES string of the molecule is CCS(=O)(=O)CCNC(=O)[C@@H](Nc1ccc(C(F)(F)F)cc1Cl)C(C)C. The molecule has 0 aliphatic heterocycles. The largest absolute Gasteiger partial charge is 0.416 e. The van der Waals surface area contributed by atoms with Crippen LogP contribution in [0.3, 0.4) is 0 Å². The fourth-order valence-corrected chi connectivity index (χ4v) is 3.03. The lowest BCUT2D eigenvalue weighted by Gasteiger charge is -2.23. The van der Waals surface area contributed by atoms with Gasteiger partial charge in [0.05, 0.1) is 22.0 Å². The van der Waals surface area contributed by atoms with Gasteiger partial charge in [-0.2, -0.15) is 13.2 Å². The number of hydrogen-bond donors (Lipinski definition) is 2. The number of alkyl halides is 3. The average molecular weight is 415 g/mol. The molecule has 0 saturated heterocycles. The minimum Gasteiger partial charge on any atom is -0.372 e. The summed E-state index contributed by atoms with van der Waals surface area (Å²) in [6, 6.07) is 2.04. The third-order valence-electron chi connectivity index (χ3n) is 3.71. The Morgan fingerprint density at radius 2 is 1.88 bits per heavy atom. The minimum absolute atomic E-state index is 0.0180. The molecule has 2 N–H and O–H groups in total. The second-order valence-electron chi connectivity index (χ2n) is 6.09. The Bertz CT molecular complexity index is 737. The molecular weight excluding hydrogens is 393 g/mol. The molecule has 0 bridgehead atoms. The van der Waals surface area contributed by atoms with E-state index in [1.54, 1.807) is 13.8 Å². The molecule has 148 valence electrons. The maximum atomic E-state index is 12.7. The summed E-state index contributed by atoms with van der Waals surface area (Å²) in [5.41, 5.74) is -0.696. The first-order valence-electron chi connectivity index (χ1n) is 7.98. The van der Waals surface area contributed by atoms with Gasteiger partial charge in [0.1, 0.15) is 6.04 Å². The summed E-state index contributed by atoms with van der Waals surface area (Å²) in [5.74, 6) is -0.866. The van der Waals surface area contributed by atoms with E-state index in [1.807, 2.05) is 0 Å². The summed E-state index contributed by atoms with van der Waals surface area (Å²) in [4.78, 5) is 12.3. The number of anilines is 1. The molecule has 1 aromatic carbocycles. The van der Waals surface area contributed by atoms with Gasteiger partial charge in [0.25, 0.3) is 0 Å². The molecule has 0 aromatic heterocycles. The van der Waals surface area contributed by atoms with Crippen molar-refractivity contribution in [2.75, 3.05) is 23.4 Å².